The van der Waals surface area contributed by atoms with Crippen molar-refractivity contribution in [2.75, 3.05) is 7.05 Å². The van der Waals surface area contributed by atoms with Crippen LogP contribution in [0, 0.1) is 34.5 Å². The quantitative estimate of drug-likeness (QED) is 0.745. The predicted octanol–water partition coefficient (Wildman–Crippen LogP) is 3.23. The number of amides is 1. The molecule has 1 aliphatic heterocycles. The molecule has 128 valence electrons. The van der Waals surface area contributed by atoms with Gasteiger partial charge >= 0.3 is 0 Å². The van der Waals surface area contributed by atoms with Gasteiger partial charge in [0.05, 0.1) is 6.10 Å². The van der Waals surface area contributed by atoms with Gasteiger partial charge in [0.2, 0.25) is 5.91 Å². The zero-order valence-electron chi connectivity index (χ0n) is 15.0. The fourth-order valence-corrected chi connectivity index (χ4v) is 6.94. The lowest BCUT2D eigenvalue weighted by atomic mass is 9.47. The van der Waals surface area contributed by atoms with Crippen LogP contribution in [0.2, 0.25) is 0 Å². The summed E-state index contributed by atoms with van der Waals surface area (Å²) in [5.74, 6) is 2.43. The van der Waals surface area contributed by atoms with Gasteiger partial charge in [0.25, 0.3) is 0 Å². The van der Waals surface area contributed by atoms with E-state index in [1.807, 2.05) is 11.9 Å². The molecule has 8 atom stereocenters. The van der Waals surface area contributed by atoms with Gasteiger partial charge in [0.15, 0.2) is 0 Å². The molecule has 1 N–H and O–H groups in total. The molecule has 1 heterocycles. The predicted molar refractivity (Wildman–Crippen MR) is 90.6 cm³/mol. The Morgan fingerprint density at radius 1 is 1.22 bits per heavy atom. The maximum atomic E-state index is 12.1. The summed E-state index contributed by atoms with van der Waals surface area (Å²) in [5.41, 5.74) is 0.436. The number of fused-ring (bicyclic) bond motifs is 5. The maximum absolute atomic E-state index is 12.1. The summed E-state index contributed by atoms with van der Waals surface area (Å²) in [4.78, 5) is 14.0. The molecule has 3 aliphatic carbocycles. The molecule has 3 fully saturated rings. The Morgan fingerprint density at radius 3 is 2.70 bits per heavy atom. The minimum absolute atomic E-state index is 0.0275. The van der Waals surface area contributed by atoms with Gasteiger partial charge in [-0.3, -0.25) is 4.79 Å². The van der Waals surface area contributed by atoms with Gasteiger partial charge in [-0.2, -0.15) is 0 Å². The van der Waals surface area contributed by atoms with Crippen LogP contribution in [-0.2, 0) is 4.79 Å². The van der Waals surface area contributed by atoms with Crippen LogP contribution >= 0.6 is 0 Å². The Kier molecular flexibility index (Phi) is 3.30. The van der Waals surface area contributed by atoms with Crippen molar-refractivity contribution in [1.82, 2.24) is 4.90 Å². The summed E-state index contributed by atoms with van der Waals surface area (Å²) >= 11 is 0. The van der Waals surface area contributed by atoms with Gasteiger partial charge in [0.1, 0.15) is 0 Å². The summed E-state index contributed by atoms with van der Waals surface area (Å²) < 4.78 is 0. The molecule has 0 aromatic heterocycles. The van der Waals surface area contributed by atoms with Gasteiger partial charge in [0, 0.05) is 18.5 Å². The summed E-state index contributed by atoms with van der Waals surface area (Å²) in [5, 5.41) is 11.0. The third-order valence-corrected chi connectivity index (χ3v) is 8.63. The molecule has 3 saturated carbocycles. The second-order valence-electron chi connectivity index (χ2n) is 9.28. The van der Waals surface area contributed by atoms with E-state index in [2.05, 4.69) is 26.8 Å². The van der Waals surface area contributed by atoms with E-state index in [1.54, 1.807) is 6.08 Å². The van der Waals surface area contributed by atoms with E-state index >= 15 is 0 Å². The Balaban J connectivity index is 1.74. The van der Waals surface area contributed by atoms with Crippen LogP contribution in [-0.4, -0.2) is 35.1 Å². The van der Waals surface area contributed by atoms with Crippen LogP contribution in [0.15, 0.2) is 12.2 Å². The van der Waals surface area contributed by atoms with Crippen molar-refractivity contribution < 1.29 is 9.90 Å². The van der Waals surface area contributed by atoms with Crippen molar-refractivity contribution in [3.05, 3.63) is 12.2 Å². The molecule has 0 spiro atoms. The fraction of sp³-hybridized carbons (Fsp3) is 0.850. The first-order valence-corrected chi connectivity index (χ1v) is 9.43. The third kappa shape index (κ3) is 1.89. The van der Waals surface area contributed by atoms with Crippen molar-refractivity contribution in [1.29, 1.82) is 0 Å². The molecule has 0 aromatic rings. The van der Waals surface area contributed by atoms with Crippen LogP contribution in [0.3, 0.4) is 0 Å². The maximum Gasteiger partial charge on any atom is 0.246 e. The molecule has 0 saturated heterocycles. The van der Waals surface area contributed by atoms with Crippen molar-refractivity contribution in [2.24, 2.45) is 34.5 Å². The number of carbonyl (C=O) groups excluding carboxylic acids is 1. The van der Waals surface area contributed by atoms with Crippen LogP contribution in [0.25, 0.3) is 0 Å². The molecule has 0 bridgehead atoms. The molecule has 23 heavy (non-hydrogen) atoms. The minimum Gasteiger partial charge on any atom is -0.393 e. The summed E-state index contributed by atoms with van der Waals surface area (Å²) in [7, 11) is 1.91. The van der Waals surface area contributed by atoms with Crippen molar-refractivity contribution in [3.63, 3.8) is 0 Å². The molecule has 0 aromatic carbocycles. The highest BCUT2D eigenvalue weighted by Gasteiger charge is 2.62. The van der Waals surface area contributed by atoms with E-state index in [4.69, 9.17) is 0 Å². The molecule has 3 nitrogen and oxygen atoms in total. The van der Waals surface area contributed by atoms with Crippen LogP contribution in [0.5, 0.6) is 0 Å². The summed E-state index contributed by atoms with van der Waals surface area (Å²) in [6.07, 6.45) is 9.50. The number of hydrogen-bond donors (Lipinski definition) is 1. The van der Waals surface area contributed by atoms with E-state index < -0.39 is 0 Å². The topological polar surface area (TPSA) is 40.5 Å². The largest absolute Gasteiger partial charge is 0.393 e. The average Bonchev–Trinajstić information content (AvgIpc) is 2.82. The highest BCUT2D eigenvalue weighted by molar-refractivity contribution is 5.89. The molecule has 3 heteroatoms. The van der Waals surface area contributed by atoms with Gasteiger partial charge in [-0.25, -0.2) is 0 Å². The number of hydrogen-bond acceptors (Lipinski definition) is 2. The normalized spacial score (nSPS) is 55.3. The lowest BCUT2D eigenvalue weighted by molar-refractivity contribution is -0.156. The van der Waals surface area contributed by atoms with E-state index in [0.717, 1.165) is 12.3 Å². The number of rotatable bonds is 0. The fourth-order valence-electron chi connectivity index (χ4n) is 6.94. The van der Waals surface area contributed by atoms with Crippen molar-refractivity contribution >= 4 is 5.91 Å². The average molecular weight is 317 g/mol. The Labute approximate surface area is 140 Å². The Hall–Kier alpha value is -0.830. The number of aliphatic hydroxyl groups is 1. The van der Waals surface area contributed by atoms with E-state index in [1.165, 1.54) is 25.7 Å². The monoisotopic (exact) mass is 317 g/mol. The highest BCUT2D eigenvalue weighted by Crippen LogP contribution is 2.65. The van der Waals surface area contributed by atoms with Crippen molar-refractivity contribution in [2.45, 2.75) is 65.0 Å². The molecular formula is C20H31NO2. The molecule has 4 aliphatic rings. The lowest BCUT2D eigenvalue weighted by Gasteiger charge is -2.61. The SMILES string of the molecule is C[C@@H]1CC[C@H]2[C@@H]3[C@@H](O)C[C@H]4N(C)C(=O)C=C[C@]4(C)[C@H]3CC[C@]12C. The Morgan fingerprint density at radius 2 is 1.96 bits per heavy atom. The summed E-state index contributed by atoms with van der Waals surface area (Å²) in [6.45, 7) is 7.22. The second-order valence-corrected chi connectivity index (χ2v) is 9.28. The second kappa shape index (κ2) is 4.84. The number of carbonyl (C=O) groups is 1. The third-order valence-electron chi connectivity index (χ3n) is 8.63. The van der Waals surface area contributed by atoms with Crippen molar-refractivity contribution in [3.8, 4) is 0 Å². The number of likely N-dealkylation sites (N-methyl/N-ethyl adjacent to an activating group) is 1. The van der Waals surface area contributed by atoms with Crippen LogP contribution in [0.1, 0.15) is 52.9 Å². The minimum atomic E-state index is -0.255. The number of nitrogens with zero attached hydrogens (tertiary/aromatic N) is 1. The first kappa shape index (κ1) is 15.7. The van der Waals surface area contributed by atoms with E-state index in [0.29, 0.717) is 23.2 Å². The molecular weight excluding hydrogens is 286 g/mol. The molecule has 4 rings (SSSR count). The van der Waals surface area contributed by atoms with Gasteiger partial charge in [-0.15, -0.1) is 0 Å². The molecule has 1 amide bonds. The van der Waals surface area contributed by atoms with Gasteiger partial charge < -0.3 is 10.0 Å². The highest BCUT2D eigenvalue weighted by atomic mass is 16.3. The first-order valence-electron chi connectivity index (χ1n) is 9.43. The smallest absolute Gasteiger partial charge is 0.246 e. The Bertz CT molecular complexity index is 558. The molecule has 0 radical (unpaired) electrons. The van der Waals surface area contributed by atoms with E-state index in [9.17, 15) is 9.90 Å². The van der Waals surface area contributed by atoms with Crippen LogP contribution < -0.4 is 0 Å². The zero-order chi connectivity index (χ0) is 16.6. The standard InChI is InChI=1S/C20H31NO2/c1-12-5-6-13-18-14(7-9-19(12,13)2)20(3)10-8-17(23)21(4)16(20)11-15(18)22/h8,10,12-16,18,22H,5-7,9,11H2,1-4H3/t12-,13+,14+,15+,16-,18+,19-,20-/m1/s1. The molecule has 0 unspecified atom stereocenters. The first-order chi connectivity index (χ1) is 10.8. The lowest BCUT2D eigenvalue weighted by Crippen LogP contribution is -2.63. The van der Waals surface area contributed by atoms with E-state index in [-0.39, 0.29) is 23.5 Å². The zero-order valence-corrected chi connectivity index (χ0v) is 15.0. The van der Waals surface area contributed by atoms with Gasteiger partial charge in [-0.05, 0) is 67.3 Å². The number of aliphatic hydroxyl groups excluding tert-OH is 1. The van der Waals surface area contributed by atoms with Crippen LogP contribution in [0.4, 0.5) is 0 Å². The summed E-state index contributed by atoms with van der Waals surface area (Å²) in [6, 6.07) is 0.152. The van der Waals surface area contributed by atoms with Gasteiger partial charge in [-0.1, -0.05) is 26.8 Å².